The molecule has 0 aliphatic heterocycles. The Morgan fingerprint density at radius 1 is 0.390 bits per heavy atom. The fourth-order valence-electron chi connectivity index (χ4n) is 9.84. The molecule has 0 N–H and O–H groups in total. The molecule has 0 atom stereocenters. The van der Waals surface area contributed by atoms with Crippen LogP contribution in [0.1, 0.15) is 25.0 Å². The summed E-state index contributed by atoms with van der Waals surface area (Å²) < 4.78 is 5.14. The van der Waals surface area contributed by atoms with Gasteiger partial charge in [-0.2, -0.15) is 0 Å². The van der Waals surface area contributed by atoms with Crippen molar-refractivity contribution in [2.24, 2.45) is 0 Å². The van der Waals surface area contributed by atoms with Gasteiger partial charge in [-0.05, 0) is 104 Å². The average Bonchev–Trinajstić information content (AvgIpc) is 3.92. The number of fused-ring (bicyclic) bond motifs is 10. The number of hydrogen-bond donors (Lipinski definition) is 0. The maximum absolute atomic E-state index is 2.51. The maximum Gasteiger partial charge on any atom is 0.0634 e. The molecular weight excluding hydrogens is 731 g/mol. The van der Waals surface area contributed by atoms with E-state index < -0.39 is 0 Å². The summed E-state index contributed by atoms with van der Waals surface area (Å²) in [6.07, 6.45) is 0. The summed E-state index contributed by atoms with van der Waals surface area (Å²) in [7, 11) is 0. The largest absolute Gasteiger partial charge is 0.309 e. The summed E-state index contributed by atoms with van der Waals surface area (Å²) >= 11 is 1.92. The molecule has 9 aromatic carbocycles. The quantitative estimate of drug-likeness (QED) is 0.164. The molecule has 0 spiro atoms. The van der Waals surface area contributed by atoms with E-state index in [9.17, 15) is 0 Å². The zero-order chi connectivity index (χ0) is 39.2. The molecule has 0 bridgehead atoms. The molecule has 2 aromatic heterocycles. The van der Waals surface area contributed by atoms with Crippen LogP contribution < -0.4 is 0 Å². The molecule has 0 amide bonds. The molecule has 1 nitrogen and oxygen atoms in total. The summed E-state index contributed by atoms with van der Waals surface area (Å²) in [5.41, 5.74) is 18.9. The van der Waals surface area contributed by atoms with Crippen molar-refractivity contribution in [3.05, 3.63) is 211 Å². The van der Waals surface area contributed by atoms with Gasteiger partial charge >= 0.3 is 0 Å². The lowest BCUT2D eigenvalue weighted by Crippen LogP contribution is -2.14. The Kier molecular flexibility index (Phi) is 7.51. The minimum Gasteiger partial charge on any atom is -0.309 e. The zero-order valence-electron chi connectivity index (χ0n) is 32.9. The van der Waals surface area contributed by atoms with Gasteiger partial charge in [0.1, 0.15) is 0 Å². The molecule has 2 heteroatoms. The first-order valence-electron chi connectivity index (χ1n) is 20.5. The topological polar surface area (TPSA) is 4.93 Å². The Hall–Kier alpha value is -7.00. The number of thiophene rings is 1. The van der Waals surface area contributed by atoms with E-state index >= 15 is 0 Å². The smallest absolute Gasteiger partial charge is 0.0634 e. The highest BCUT2D eigenvalue weighted by Gasteiger charge is 2.35. The predicted molar refractivity (Wildman–Crippen MR) is 253 cm³/mol. The summed E-state index contributed by atoms with van der Waals surface area (Å²) in [6.45, 7) is 4.73. The number of hydrogen-bond acceptors (Lipinski definition) is 1. The summed E-state index contributed by atoms with van der Waals surface area (Å²) in [5, 5.41) is 5.18. The number of aromatic nitrogens is 1. The molecule has 2 heterocycles. The van der Waals surface area contributed by atoms with Crippen LogP contribution in [0.2, 0.25) is 0 Å². The monoisotopic (exact) mass is 769 g/mol. The van der Waals surface area contributed by atoms with Gasteiger partial charge in [-0.25, -0.2) is 0 Å². The lowest BCUT2D eigenvalue weighted by Gasteiger charge is -2.22. The number of rotatable bonds is 5. The van der Waals surface area contributed by atoms with E-state index in [0.29, 0.717) is 0 Å². The second-order valence-corrected chi connectivity index (χ2v) is 17.5. The molecule has 0 radical (unpaired) electrons. The van der Waals surface area contributed by atoms with Crippen molar-refractivity contribution in [1.29, 1.82) is 0 Å². The number of para-hydroxylation sites is 1. The molecule has 278 valence electrons. The number of nitrogens with zero attached hydrogens (tertiary/aromatic N) is 1. The van der Waals surface area contributed by atoms with Crippen molar-refractivity contribution in [1.82, 2.24) is 4.57 Å². The van der Waals surface area contributed by atoms with Gasteiger partial charge in [0.25, 0.3) is 0 Å². The van der Waals surface area contributed by atoms with Crippen LogP contribution in [0, 0.1) is 0 Å². The second kappa shape index (κ2) is 13.0. The fraction of sp³-hybridized carbons (Fsp3) is 0.0526. The van der Waals surface area contributed by atoms with Crippen molar-refractivity contribution in [2.45, 2.75) is 19.3 Å². The maximum atomic E-state index is 2.51. The molecule has 0 saturated carbocycles. The Bertz CT molecular complexity index is 3420. The molecule has 1 aliphatic carbocycles. The van der Waals surface area contributed by atoms with Crippen LogP contribution in [0.3, 0.4) is 0 Å². The third-order valence-electron chi connectivity index (χ3n) is 12.8. The van der Waals surface area contributed by atoms with Gasteiger partial charge in [-0.15, -0.1) is 11.3 Å². The third kappa shape index (κ3) is 5.23. The van der Waals surface area contributed by atoms with Crippen molar-refractivity contribution in [3.8, 4) is 61.3 Å². The van der Waals surface area contributed by atoms with Gasteiger partial charge in [0.2, 0.25) is 0 Å². The van der Waals surface area contributed by atoms with Crippen molar-refractivity contribution in [2.75, 3.05) is 0 Å². The molecular formula is C57H39NS. The Morgan fingerprint density at radius 3 is 1.71 bits per heavy atom. The minimum atomic E-state index is -0.0506. The highest BCUT2D eigenvalue weighted by atomic mass is 32.1. The lowest BCUT2D eigenvalue weighted by atomic mass is 9.81. The molecule has 0 saturated heterocycles. The molecule has 0 unspecified atom stereocenters. The van der Waals surface area contributed by atoms with Crippen LogP contribution in [-0.4, -0.2) is 4.57 Å². The first kappa shape index (κ1) is 34.1. The SMILES string of the molecule is CC1(C)c2ccccc2-c2ccc(-c3ccc4sc5c(cc(-c6ccc(-c7ccccc7)cc6)c6c5c5ccc(-c7ccccc7)cc5n6-c5ccccc5)c4c3)cc21. The summed E-state index contributed by atoms with van der Waals surface area (Å²) in [4.78, 5) is 0. The van der Waals surface area contributed by atoms with Crippen LogP contribution in [0.25, 0.3) is 103 Å². The molecule has 12 rings (SSSR count). The van der Waals surface area contributed by atoms with Gasteiger partial charge < -0.3 is 4.57 Å². The van der Waals surface area contributed by atoms with E-state index in [-0.39, 0.29) is 5.41 Å². The third-order valence-corrected chi connectivity index (χ3v) is 14.0. The molecule has 1 aliphatic rings. The first-order chi connectivity index (χ1) is 29.0. The summed E-state index contributed by atoms with van der Waals surface area (Å²) in [5.74, 6) is 0. The van der Waals surface area contributed by atoms with Crippen LogP contribution in [0.4, 0.5) is 0 Å². The average molecular weight is 770 g/mol. The van der Waals surface area contributed by atoms with Crippen LogP contribution >= 0.6 is 11.3 Å². The van der Waals surface area contributed by atoms with Crippen LogP contribution in [-0.2, 0) is 5.41 Å². The lowest BCUT2D eigenvalue weighted by molar-refractivity contribution is 0.660. The van der Waals surface area contributed by atoms with E-state index in [4.69, 9.17) is 0 Å². The Morgan fingerprint density at radius 2 is 0.949 bits per heavy atom. The highest BCUT2D eigenvalue weighted by molar-refractivity contribution is 7.26. The fourth-order valence-corrected chi connectivity index (χ4v) is 11.1. The van der Waals surface area contributed by atoms with Gasteiger partial charge in [0, 0.05) is 47.6 Å². The van der Waals surface area contributed by atoms with E-state index in [1.807, 2.05) is 11.3 Å². The molecule has 11 aromatic rings. The summed E-state index contributed by atoms with van der Waals surface area (Å²) in [6, 6.07) is 74.2. The van der Waals surface area contributed by atoms with Gasteiger partial charge in [-0.1, -0.05) is 172 Å². The van der Waals surface area contributed by atoms with Crippen LogP contribution in [0.15, 0.2) is 200 Å². The van der Waals surface area contributed by atoms with E-state index in [1.165, 1.54) is 109 Å². The molecule has 0 fully saturated rings. The van der Waals surface area contributed by atoms with E-state index in [2.05, 4.69) is 219 Å². The van der Waals surface area contributed by atoms with Gasteiger partial charge in [0.05, 0.1) is 11.0 Å². The second-order valence-electron chi connectivity index (χ2n) is 16.5. The van der Waals surface area contributed by atoms with Crippen LogP contribution in [0.5, 0.6) is 0 Å². The predicted octanol–water partition coefficient (Wildman–Crippen LogP) is 16.1. The minimum absolute atomic E-state index is 0.0506. The van der Waals surface area contributed by atoms with Gasteiger partial charge in [0.15, 0.2) is 0 Å². The highest BCUT2D eigenvalue weighted by Crippen LogP contribution is 2.51. The number of benzene rings is 9. The standard InChI is InChI=1S/C57H39NS/c1-57(2)50-21-13-12-20-44(50)45-29-26-41(33-51(45)57)40-28-31-53-48(32-40)49-35-47(39-24-22-38(23-25-39)36-14-6-3-7-15-36)55-54(56(49)59-53)46-30-27-42(37-16-8-4-9-17-37)34-52(46)58(55)43-18-10-5-11-19-43/h3-35H,1-2H3. The van der Waals surface area contributed by atoms with E-state index in [1.54, 1.807) is 0 Å². The Labute approximate surface area is 348 Å². The van der Waals surface area contributed by atoms with Crippen molar-refractivity contribution < 1.29 is 0 Å². The van der Waals surface area contributed by atoms with Crippen molar-refractivity contribution in [3.63, 3.8) is 0 Å². The van der Waals surface area contributed by atoms with Gasteiger partial charge in [-0.3, -0.25) is 0 Å². The van der Waals surface area contributed by atoms with E-state index in [0.717, 1.165) is 5.69 Å². The Balaban J connectivity index is 1.14. The zero-order valence-corrected chi connectivity index (χ0v) is 33.7. The first-order valence-corrected chi connectivity index (χ1v) is 21.3. The molecule has 59 heavy (non-hydrogen) atoms. The van der Waals surface area contributed by atoms with Crippen molar-refractivity contribution >= 4 is 53.3 Å². The normalized spacial score (nSPS) is 13.1.